The number of hydrogen-bond donors (Lipinski definition) is 2. The molecule has 106 valence electrons. The van der Waals surface area contributed by atoms with Gasteiger partial charge in [-0.3, -0.25) is 0 Å². The van der Waals surface area contributed by atoms with Gasteiger partial charge in [-0.25, -0.2) is 4.79 Å². The lowest BCUT2D eigenvalue weighted by Gasteiger charge is -2.30. The van der Waals surface area contributed by atoms with E-state index >= 15 is 0 Å². The molecule has 1 saturated carbocycles. The van der Waals surface area contributed by atoms with Crippen molar-refractivity contribution in [3.8, 4) is 0 Å². The van der Waals surface area contributed by atoms with Crippen LogP contribution in [-0.4, -0.2) is 56.5 Å². The first-order chi connectivity index (χ1) is 8.63. The van der Waals surface area contributed by atoms with Crippen molar-refractivity contribution in [1.82, 2.24) is 10.2 Å². The number of urea groups is 1. The molecule has 2 N–H and O–H groups in total. The fourth-order valence-corrected chi connectivity index (χ4v) is 2.61. The number of rotatable bonds is 7. The highest BCUT2D eigenvalue weighted by Gasteiger charge is 2.33. The van der Waals surface area contributed by atoms with E-state index < -0.39 is 0 Å². The van der Waals surface area contributed by atoms with Gasteiger partial charge in [0.15, 0.2) is 0 Å². The summed E-state index contributed by atoms with van der Waals surface area (Å²) in [7, 11) is 3.41. The Kier molecular flexibility index (Phi) is 6.43. The van der Waals surface area contributed by atoms with Crippen LogP contribution in [0.1, 0.15) is 32.1 Å². The Labute approximate surface area is 109 Å². The molecule has 5 heteroatoms. The van der Waals surface area contributed by atoms with Crippen LogP contribution in [0.15, 0.2) is 0 Å². The smallest absolute Gasteiger partial charge is 0.317 e. The minimum atomic E-state index is -0.104. The molecule has 0 spiro atoms. The number of methoxy groups -OCH3 is 1. The number of aliphatic hydroxyl groups is 1. The normalized spacial score (nSPS) is 17.7. The van der Waals surface area contributed by atoms with Gasteiger partial charge in [0, 0.05) is 33.9 Å². The van der Waals surface area contributed by atoms with E-state index in [1.54, 1.807) is 14.2 Å². The number of likely N-dealkylation sites (N-methyl/N-ethyl adjacent to an activating group) is 1. The highest BCUT2D eigenvalue weighted by Crippen LogP contribution is 2.40. The van der Waals surface area contributed by atoms with Crippen molar-refractivity contribution in [1.29, 1.82) is 0 Å². The fraction of sp³-hybridized carbons (Fsp3) is 0.923. The van der Waals surface area contributed by atoms with Crippen LogP contribution >= 0.6 is 0 Å². The average molecular weight is 258 g/mol. The monoisotopic (exact) mass is 258 g/mol. The number of aliphatic hydroxyl groups excluding tert-OH is 1. The predicted octanol–water partition coefficient (Wildman–Crippen LogP) is 1.22. The van der Waals surface area contributed by atoms with E-state index in [4.69, 9.17) is 9.84 Å². The SMILES string of the molecule is COCCC1(CNC(=O)N(C)CCO)CCCC1. The molecular formula is C13H26N2O3. The minimum Gasteiger partial charge on any atom is -0.395 e. The van der Waals surface area contributed by atoms with E-state index in [9.17, 15) is 4.79 Å². The zero-order chi connectivity index (χ0) is 13.4. The molecule has 0 unspecified atom stereocenters. The number of carbonyl (C=O) groups excluding carboxylic acids is 1. The molecule has 0 radical (unpaired) electrons. The standard InChI is InChI=1S/C13H26N2O3/c1-15(8-9-16)12(17)14-11-13(7-10-18-2)5-3-4-6-13/h16H,3-11H2,1-2H3,(H,14,17). The van der Waals surface area contributed by atoms with Gasteiger partial charge in [-0.2, -0.15) is 0 Å². The van der Waals surface area contributed by atoms with Crippen LogP contribution in [0.25, 0.3) is 0 Å². The van der Waals surface area contributed by atoms with E-state index in [0.29, 0.717) is 13.1 Å². The highest BCUT2D eigenvalue weighted by molar-refractivity contribution is 5.73. The quantitative estimate of drug-likeness (QED) is 0.721. The summed E-state index contributed by atoms with van der Waals surface area (Å²) < 4.78 is 5.17. The van der Waals surface area contributed by atoms with Crippen molar-refractivity contribution >= 4 is 6.03 Å². The topological polar surface area (TPSA) is 61.8 Å². The molecule has 2 amide bonds. The zero-order valence-electron chi connectivity index (χ0n) is 11.6. The summed E-state index contributed by atoms with van der Waals surface area (Å²) in [4.78, 5) is 13.3. The van der Waals surface area contributed by atoms with E-state index in [1.807, 2.05) is 0 Å². The number of hydrogen-bond acceptors (Lipinski definition) is 3. The maximum Gasteiger partial charge on any atom is 0.317 e. The van der Waals surface area contributed by atoms with Crippen molar-refractivity contribution < 1.29 is 14.6 Å². The van der Waals surface area contributed by atoms with Crippen LogP contribution in [-0.2, 0) is 4.74 Å². The van der Waals surface area contributed by atoms with Gasteiger partial charge in [0.25, 0.3) is 0 Å². The van der Waals surface area contributed by atoms with Crippen LogP contribution in [0.5, 0.6) is 0 Å². The van der Waals surface area contributed by atoms with Crippen LogP contribution in [0.4, 0.5) is 4.79 Å². The second-order valence-corrected chi connectivity index (χ2v) is 5.25. The van der Waals surface area contributed by atoms with Crippen molar-refractivity contribution in [3.05, 3.63) is 0 Å². The lowest BCUT2D eigenvalue weighted by Crippen LogP contribution is -2.43. The van der Waals surface area contributed by atoms with Crippen molar-refractivity contribution in [2.24, 2.45) is 5.41 Å². The minimum absolute atomic E-state index is 0.00125. The molecule has 1 fully saturated rings. The second-order valence-electron chi connectivity index (χ2n) is 5.25. The molecule has 1 aliphatic rings. The molecule has 0 heterocycles. The largest absolute Gasteiger partial charge is 0.395 e. The molecule has 5 nitrogen and oxygen atoms in total. The Morgan fingerprint density at radius 1 is 1.44 bits per heavy atom. The summed E-state index contributed by atoms with van der Waals surface area (Å²) in [6.45, 7) is 1.84. The van der Waals surface area contributed by atoms with Gasteiger partial charge in [-0.15, -0.1) is 0 Å². The molecule has 0 atom stereocenters. The first kappa shape index (κ1) is 15.2. The Bertz CT molecular complexity index is 253. The molecule has 1 rings (SSSR count). The summed E-state index contributed by atoms with van der Waals surface area (Å²) >= 11 is 0. The number of nitrogens with zero attached hydrogens (tertiary/aromatic N) is 1. The third-order valence-corrected chi connectivity index (χ3v) is 3.90. The lowest BCUT2D eigenvalue weighted by atomic mass is 9.83. The van der Waals surface area contributed by atoms with Gasteiger partial charge in [-0.1, -0.05) is 12.8 Å². The molecule has 18 heavy (non-hydrogen) atoms. The zero-order valence-corrected chi connectivity index (χ0v) is 11.6. The van der Waals surface area contributed by atoms with Gasteiger partial charge >= 0.3 is 6.03 Å². The summed E-state index contributed by atoms with van der Waals surface area (Å²) in [5.41, 5.74) is 0.214. The Hall–Kier alpha value is -0.810. The number of amides is 2. The molecule has 1 aliphatic carbocycles. The summed E-state index contributed by atoms with van der Waals surface area (Å²) in [5.74, 6) is 0. The molecule has 0 aromatic rings. The van der Waals surface area contributed by atoms with Gasteiger partial charge in [0.05, 0.1) is 6.61 Å². The van der Waals surface area contributed by atoms with Crippen LogP contribution in [0, 0.1) is 5.41 Å². The Balaban J connectivity index is 2.40. The Morgan fingerprint density at radius 2 is 2.11 bits per heavy atom. The van der Waals surface area contributed by atoms with Crippen LogP contribution in [0.2, 0.25) is 0 Å². The third kappa shape index (κ3) is 4.46. The van der Waals surface area contributed by atoms with E-state index in [0.717, 1.165) is 13.0 Å². The highest BCUT2D eigenvalue weighted by atomic mass is 16.5. The molecule has 0 aromatic carbocycles. The number of nitrogens with one attached hydrogen (secondary N) is 1. The van der Waals surface area contributed by atoms with Gasteiger partial charge in [-0.05, 0) is 24.7 Å². The van der Waals surface area contributed by atoms with Crippen molar-refractivity contribution in [2.75, 3.05) is 40.5 Å². The molecular weight excluding hydrogens is 232 g/mol. The van der Waals surface area contributed by atoms with Crippen molar-refractivity contribution in [3.63, 3.8) is 0 Å². The fourth-order valence-electron chi connectivity index (χ4n) is 2.61. The van der Waals surface area contributed by atoms with E-state index in [-0.39, 0.29) is 18.1 Å². The number of ether oxygens (including phenoxy) is 1. The van der Waals surface area contributed by atoms with Crippen molar-refractivity contribution in [2.45, 2.75) is 32.1 Å². The van der Waals surface area contributed by atoms with Gasteiger partial charge in [0.1, 0.15) is 0 Å². The Morgan fingerprint density at radius 3 is 2.67 bits per heavy atom. The summed E-state index contributed by atoms with van der Waals surface area (Å²) in [5, 5.41) is 11.8. The van der Waals surface area contributed by atoms with E-state index in [1.165, 1.54) is 30.6 Å². The van der Waals surface area contributed by atoms with E-state index in [2.05, 4.69) is 5.32 Å². The second kappa shape index (κ2) is 7.59. The predicted molar refractivity (Wildman–Crippen MR) is 70.5 cm³/mol. The average Bonchev–Trinajstić information content (AvgIpc) is 2.83. The van der Waals surface area contributed by atoms with Gasteiger partial charge in [0.2, 0.25) is 0 Å². The lowest BCUT2D eigenvalue weighted by molar-refractivity contribution is 0.132. The van der Waals surface area contributed by atoms with Crippen LogP contribution < -0.4 is 5.32 Å². The molecule has 0 aromatic heterocycles. The van der Waals surface area contributed by atoms with Gasteiger partial charge < -0.3 is 20.1 Å². The summed E-state index contributed by atoms with van der Waals surface area (Å²) in [6, 6.07) is -0.104. The summed E-state index contributed by atoms with van der Waals surface area (Å²) in [6.07, 6.45) is 5.83. The first-order valence-electron chi connectivity index (χ1n) is 6.72. The molecule has 0 aliphatic heterocycles. The first-order valence-corrected chi connectivity index (χ1v) is 6.72. The maximum atomic E-state index is 11.8. The molecule has 0 bridgehead atoms. The van der Waals surface area contributed by atoms with Crippen LogP contribution in [0.3, 0.4) is 0 Å². The molecule has 0 saturated heterocycles. The third-order valence-electron chi connectivity index (χ3n) is 3.90. The maximum absolute atomic E-state index is 11.8. The number of carbonyl (C=O) groups is 1.